The van der Waals surface area contributed by atoms with Crippen LogP contribution < -0.4 is 5.32 Å². The molecule has 0 saturated heterocycles. The van der Waals surface area contributed by atoms with Crippen LogP contribution in [0.1, 0.15) is 13.8 Å². The van der Waals surface area contributed by atoms with Gasteiger partial charge >= 0.3 is 0 Å². The summed E-state index contributed by atoms with van der Waals surface area (Å²) in [7, 11) is 0. The van der Waals surface area contributed by atoms with Crippen LogP contribution in [0.25, 0.3) is 11.1 Å². The first kappa shape index (κ1) is 13.3. The molecule has 0 saturated carbocycles. The van der Waals surface area contributed by atoms with Gasteiger partial charge in [0.1, 0.15) is 0 Å². The van der Waals surface area contributed by atoms with Crippen LogP contribution in [0.4, 0.5) is 11.7 Å². The summed E-state index contributed by atoms with van der Waals surface area (Å²) >= 11 is 0. The molecule has 0 bridgehead atoms. The minimum absolute atomic E-state index is 0.0623. The number of rotatable bonds is 6. The number of nitro groups is 1. The van der Waals surface area contributed by atoms with Crippen molar-refractivity contribution in [3.05, 3.63) is 28.3 Å². The monoisotopic (exact) mass is 265 g/mol. The van der Waals surface area contributed by atoms with Crippen molar-refractivity contribution in [2.75, 3.05) is 18.5 Å². The van der Waals surface area contributed by atoms with Gasteiger partial charge in [0.2, 0.25) is 0 Å². The summed E-state index contributed by atoms with van der Waals surface area (Å²) in [4.78, 5) is 14.4. The lowest BCUT2D eigenvalue weighted by Crippen LogP contribution is -2.13. The molecule has 2 aromatic rings. The van der Waals surface area contributed by atoms with Crippen LogP contribution in [-0.2, 0) is 4.74 Å². The van der Waals surface area contributed by atoms with E-state index < -0.39 is 4.92 Å². The van der Waals surface area contributed by atoms with E-state index in [2.05, 4.69) is 10.3 Å². The molecular formula is C12H15N3O4. The van der Waals surface area contributed by atoms with E-state index in [0.29, 0.717) is 18.7 Å². The van der Waals surface area contributed by atoms with Crippen LogP contribution in [-0.4, -0.2) is 29.2 Å². The molecule has 19 heavy (non-hydrogen) atoms. The number of benzene rings is 1. The number of nitro benzene ring substituents is 1. The van der Waals surface area contributed by atoms with Crippen LogP contribution in [0.5, 0.6) is 0 Å². The van der Waals surface area contributed by atoms with E-state index in [9.17, 15) is 10.1 Å². The summed E-state index contributed by atoms with van der Waals surface area (Å²) in [5.74, 6) is 0. The molecule has 2 rings (SSSR count). The lowest BCUT2D eigenvalue weighted by molar-refractivity contribution is -0.383. The maximum absolute atomic E-state index is 10.8. The predicted molar refractivity (Wildman–Crippen MR) is 70.2 cm³/mol. The maximum Gasteiger partial charge on any atom is 0.298 e. The van der Waals surface area contributed by atoms with E-state index in [1.807, 2.05) is 13.8 Å². The van der Waals surface area contributed by atoms with Gasteiger partial charge in [0.15, 0.2) is 11.1 Å². The smallest absolute Gasteiger partial charge is 0.298 e. The molecule has 0 fully saturated rings. The van der Waals surface area contributed by atoms with Gasteiger partial charge in [-0.05, 0) is 19.9 Å². The minimum Gasteiger partial charge on any atom is -0.423 e. The number of ether oxygens (including phenoxy) is 1. The van der Waals surface area contributed by atoms with E-state index in [0.717, 1.165) is 0 Å². The molecule has 0 unspecified atom stereocenters. The largest absolute Gasteiger partial charge is 0.423 e. The Balaban J connectivity index is 2.09. The number of oxazole rings is 1. The summed E-state index contributed by atoms with van der Waals surface area (Å²) in [6.07, 6.45) is 0.159. The quantitative estimate of drug-likeness (QED) is 0.490. The van der Waals surface area contributed by atoms with Crippen LogP contribution in [0.3, 0.4) is 0 Å². The van der Waals surface area contributed by atoms with E-state index in [1.54, 1.807) is 12.1 Å². The van der Waals surface area contributed by atoms with Gasteiger partial charge in [0.05, 0.1) is 17.6 Å². The maximum atomic E-state index is 10.8. The Morgan fingerprint density at radius 2 is 2.32 bits per heavy atom. The predicted octanol–water partition coefficient (Wildman–Crippen LogP) is 2.57. The fraction of sp³-hybridized carbons (Fsp3) is 0.417. The van der Waals surface area contributed by atoms with Crippen molar-refractivity contribution in [1.29, 1.82) is 0 Å². The third kappa shape index (κ3) is 3.19. The van der Waals surface area contributed by atoms with Gasteiger partial charge in [0.25, 0.3) is 11.7 Å². The van der Waals surface area contributed by atoms with Gasteiger partial charge in [-0.15, -0.1) is 0 Å². The number of hydrogen-bond acceptors (Lipinski definition) is 6. The fourth-order valence-electron chi connectivity index (χ4n) is 1.61. The lowest BCUT2D eigenvalue weighted by Gasteiger charge is -2.06. The second kappa shape index (κ2) is 5.66. The SMILES string of the molecule is CC(C)OCCNc1nc2c([N+](=O)[O-])cccc2o1. The molecule has 102 valence electrons. The number of nitrogens with one attached hydrogen (secondary N) is 1. The highest BCUT2D eigenvalue weighted by Gasteiger charge is 2.16. The molecule has 0 radical (unpaired) electrons. The highest BCUT2D eigenvalue weighted by atomic mass is 16.6. The summed E-state index contributed by atoms with van der Waals surface area (Å²) in [5.41, 5.74) is 0.578. The topological polar surface area (TPSA) is 90.4 Å². The van der Waals surface area contributed by atoms with E-state index in [-0.39, 0.29) is 23.3 Å². The van der Waals surface area contributed by atoms with Crippen molar-refractivity contribution in [2.24, 2.45) is 0 Å². The summed E-state index contributed by atoms with van der Waals surface area (Å²) in [5, 5.41) is 13.8. The molecule has 0 aliphatic rings. The number of hydrogen-bond donors (Lipinski definition) is 1. The second-order valence-corrected chi connectivity index (χ2v) is 4.25. The zero-order chi connectivity index (χ0) is 13.8. The molecule has 0 atom stereocenters. The Bertz CT molecular complexity index is 579. The first-order valence-electron chi connectivity index (χ1n) is 5.97. The van der Waals surface area contributed by atoms with Gasteiger partial charge < -0.3 is 14.5 Å². The number of anilines is 1. The molecule has 7 heteroatoms. The number of nitrogens with zero attached hydrogens (tertiary/aromatic N) is 2. The summed E-state index contributed by atoms with van der Waals surface area (Å²) in [6.45, 7) is 4.93. The zero-order valence-electron chi connectivity index (χ0n) is 10.8. The van der Waals surface area contributed by atoms with Crippen LogP contribution in [0.15, 0.2) is 22.6 Å². The number of para-hydroxylation sites is 1. The van der Waals surface area contributed by atoms with Crippen LogP contribution >= 0.6 is 0 Å². The molecular weight excluding hydrogens is 250 g/mol. The van der Waals surface area contributed by atoms with E-state index >= 15 is 0 Å². The molecule has 1 aromatic heterocycles. The van der Waals surface area contributed by atoms with E-state index in [4.69, 9.17) is 9.15 Å². The molecule has 0 aliphatic heterocycles. The molecule has 0 amide bonds. The van der Waals surface area contributed by atoms with Crippen molar-refractivity contribution in [3.8, 4) is 0 Å². The number of fused-ring (bicyclic) bond motifs is 1. The normalized spacial score (nSPS) is 11.1. The first-order chi connectivity index (χ1) is 9.08. The van der Waals surface area contributed by atoms with Gasteiger partial charge in [0, 0.05) is 12.6 Å². The number of aromatic nitrogens is 1. The Hall–Kier alpha value is -2.15. The van der Waals surface area contributed by atoms with Crippen molar-refractivity contribution >= 4 is 22.8 Å². The van der Waals surface area contributed by atoms with Crippen molar-refractivity contribution < 1.29 is 14.1 Å². The Labute approximate surface area is 109 Å². The summed E-state index contributed by atoms with van der Waals surface area (Å²) < 4.78 is 10.7. The van der Waals surface area contributed by atoms with Crippen LogP contribution in [0.2, 0.25) is 0 Å². The fourth-order valence-corrected chi connectivity index (χ4v) is 1.61. The average Bonchev–Trinajstić information content (AvgIpc) is 2.76. The second-order valence-electron chi connectivity index (χ2n) is 4.25. The van der Waals surface area contributed by atoms with E-state index in [1.165, 1.54) is 6.07 Å². The molecule has 7 nitrogen and oxygen atoms in total. The Morgan fingerprint density at radius 3 is 3.00 bits per heavy atom. The minimum atomic E-state index is -0.476. The van der Waals surface area contributed by atoms with Gasteiger partial charge in [-0.1, -0.05) is 6.07 Å². The third-order valence-electron chi connectivity index (χ3n) is 2.42. The van der Waals surface area contributed by atoms with Gasteiger partial charge in [-0.2, -0.15) is 4.98 Å². The number of non-ortho nitro benzene ring substituents is 1. The van der Waals surface area contributed by atoms with Crippen LogP contribution in [0, 0.1) is 10.1 Å². The molecule has 0 spiro atoms. The van der Waals surface area contributed by atoms with Crippen molar-refractivity contribution in [3.63, 3.8) is 0 Å². The first-order valence-corrected chi connectivity index (χ1v) is 5.97. The standard InChI is InChI=1S/C12H15N3O4/c1-8(2)18-7-6-13-12-14-11-9(15(16)17)4-3-5-10(11)19-12/h3-5,8H,6-7H2,1-2H3,(H,13,14). The highest BCUT2D eigenvalue weighted by molar-refractivity contribution is 5.83. The third-order valence-corrected chi connectivity index (χ3v) is 2.42. The zero-order valence-corrected chi connectivity index (χ0v) is 10.8. The molecule has 1 N–H and O–H groups in total. The Morgan fingerprint density at radius 1 is 1.53 bits per heavy atom. The van der Waals surface area contributed by atoms with Crippen molar-refractivity contribution in [2.45, 2.75) is 20.0 Å². The molecule has 1 aromatic carbocycles. The van der Waals surface area contributed by atoms with Gasteiger partial charge in [-0.25, -0.2) is 0 Å². The highest BCUT2D eigenvalue weighted by Crippen LogP contribution is 2.27. The average molecular weight is 265 g/mol. The Kier molecular flexibility index (Phi) is 3.96. The van der Waals surface area contributed by atoms with Crippen molar-refractivity contribution in [1.82, 2.24) is 4.98 Å². The molecule has 1 heterocycles. The van der Waals surface area contributed by atoms with Gasteiger partial charge in [-0.3, -0.25) is 10.1 Å². The lowest BCUT2D eigenvalue weighted by atomic mass is 10.3. The molecule has 0 aliphatic carbocycles. The summed E-state index contributed by atoms with van der Waals surface area (Å²) in [6, 6.07) is 4.87.